The summed E-state index contributed by atoms with van der Waals surface area (Å²) in [6.07, 6.45) is 37.7. The van der Waals surface area contributed by atoms with Crippen LogP contribution in [-0.4, -0.2) is 96.7 Å². The zero-order valence-corrected chi connectivity index (χ0v) is 53.0. The van der Waals surface area contributed by atoms with Gasteiger partial charge in [-0.05, 0) is 31.6 Å². The van der Waals surface area contributed by atoms with Crippen LogP contribution >= 0.6 is 15.6 Å². The Labute approximate surface area is 486 Å². The molecule has 0 bridgehead atoms. The molecule has 0 aromatic carbocycles. The molecule has 0 heterocycles. The summed E-state index contributed by atoms with van der Waals surface area (Å²) < 4.78 is 67.8. The first kappa shape index (κ1) is 78.1. The van der Waals surface area contributed by atoms with Gasteiger partial charge in [-0.3, -0.25) is 37.3 Å². The highest BCUT2D eigenvalue weighted by Crippen LogP contribution is 2.45. The minimum Gasteiger partial charge on any atom is -0.462 e. The molecule has 0 amide bonds. The van der Waals surface area contributed by atoms with Crippen LogP contribution in [0.4, 0.5) is 0 Å². The van der Waals surface area contributed by atoms with Gasteiger partial charge in [0.05, 0.1) is 26.4 Å². The van der Waals surface area contributed by atoms with Gasteiger partial charge in [-0.15, -0.1) is 0 Å². The standard InChI is InChI=1S/C61H118O17P2/c1-6-9-12-15-18-20-22-24-26-31-36-41-46-60(65)77-57(51-72-59(64)45-40-35-30-25-23-21-19-16-13-10-7-2)53-76-80(69,70)74-49-55(62)48-73-79(67,68)75-52-56(50-71-58(63)44-39-34-28-17-14-11-8-3)78-61(66)47-42-37-32-27-29-33-38-43-54(4)5/h54-57,62H,6-53H2,1-5H3,(H,67,68)(H,69,70)/t55-,56+,57+/m0/s1. The lowest BCUT2D eigenvalue weighted by Gasteiger charge is -2.21. The van der Waals surface area contributed by atoms with Crippen molar-refractivity contribution in [2.75, 3.05) is 39.6 Å². The smallest absolute Gasteiger partial charge is 0.462 e. The quantitative estimate of drug-likeness (QED) is 0.0222. The minimum absolute atomic E-state index is 0.103. The van der Waals surface area contributed by atoms with E-state index >= 15 is 0 Å². The molecule has 17 nitrogen and oxygen atoms in total. The predicted molar refractivity (Wildman–Crippen MR) is 317 cm³/mol. The van der Waals surface area contributed by atoms with Crippen molar-refractivity contribution in [2.24, 2.45) is 5.92 Å². The van der Waals surface area contributed by atoms with Crippen molar-refractivity contribution < 1.29 is 80.2 Å². The number of aliphatic hydroxyl groups is 1. The van der Waals surface area contributed by atoms with Crippen LogP contribution in [0.25, 0.3) is 0 Å². The van der Waals surface area contributed by atoms with Gasteiger partial charge in [0.2, 0.25) is 0 Å². The van der Waals surface area contributed by atoms with Crippen molar-refractivity contribution in [1.29, 1.82) is 0 Å². The van der Waals surface area contributed by atoms with Crippen LogP contribution in [0.3, 0.4) is 0 Å². The molecule has 3 N–H and O–H groups in total. The summed E-state index contributed by atoms with van der Waals surface area (Å²) in [4.78, 5) is 71.9. The molecule has 0 aliphatic carbocycles. The second-order valence-electron chi connectivity index (χ2n) is 22.6. The molecule has 0 aliphatic rings. The van der Waals surface area contributed by atoms with Crippen LogP contribution < -0.4 is 0 Å². The fourth-order valence-corrected chi connectivity index (χ4v) is 10.6. The number of phosphoric ester groups is 2. The molecule has 0 fully saturated rings. The number of carbonyl (C=O) groups excluding carboxylic acids is 4. The third kappa shape index (κ3) is 55.3. The molecule has 5 atom stereocenters. The second kappa shape index (κ2) is 55.0. The van der Waals surface area contributed by atoms with Crippen LogP contribution in [0, 0.1) is 5.92 Å². The molecule has 0 saturated carbocycles. The van der Waals surface area contributed by atoms with Gasteiger partial charge < -0.3 is 33.8 Å². The third-order valence-corrected chi connectivity index (χ3v) is 15.9. The van der Waals surface area contributed by atoms with E-state index in [-0.39, 0.29) is 25.7 Å². The molecule has 0 rings (SSSR count). The average Bonchev–Trinajstić information content (AvgIpc) is 3.42. The van der Waals surface area contributed by atoms with E-state index in [0.717, 1.165) is 103 Å². The van der Waals surface area contributed by atoms with E-state index in [1.165, 1.54) is 116 Å². The molecule has 474 valence electrons. The number of unbranched alkanes of at least 4 members (excludes halogenated alkanes) is 33. The van der Waals surface area contributed by atoms with E-state index in [2.05, 4.69) is 34.6 Å². The molecule has 0 aromatic rings. The van der Waals surface area contributed by atoms with Crippen molar-refractivity contribution in [3.05, 3.63) is 0 Å². The lowest BCUT2D eigenvalue weighted by molar-refractivity contribution is -0.161. The van der Waals surface area contributed by atoms with E-state index < -0.39 is 97.5 Å². The zero-order valence-electron chi connectivity index (χ0n) is 51.2. The summed E-state index contributed by atoms with van der Waals surface area (Å²) in [6.45, 7) is 7.07. The molecule has 0 spiro atoms. The summed E-state index contributed by atoms with van der Waals surface area (Å²) >= 11 is 0. The first-order valence-electron chi connectivity index (χ1n) is 32.1. The highest BCUT2D eigenvalue weighted by atomic mass is 31.2. The van der Waals surface area contributed by atoms with Crippen molar-refractivity contribution in [1.82, 2.24) is 0 Å². The number of hydrogen-bond donors (Lipinski definition) is 3. The van der Waals surface area contributed by atoms with Crippen LogP contribution in [0.15, 0.2) is 0 Å². The van der Waals surface area contributed by atoms with Gasteiger partial charge in [0.1, 0.15) is 19.3 Å². The number of rotatable bonds is 61. The maximum Gasteiger partial charge on any atom is 0.472 e. The second-order valence-corrected chi connectivity index (χ2v) is 25.5. The number of carbonyl (C=O) groups is 4. The van der Waals surface area contributed by atoms with E-state index in [4.69, 9.17) is 37.0 Å². The van der Waals surface area contributed by atoms with Gasteiger partial charge >= 0.3 is 39.5 Å². The largest absolute Gasteiger partial charge is 0.472 e. The molecular weight excluding hydrogens is 1070 g/mol. The first-order chi connectivity index (χ1) is 38.5. The van der Waals surface area contributed by atoms with Crippen LogP contribution in [0.5, 0.6) is 0 Å². The fraction of sp³-hybridized carbons (Fsp3) is 0.934. The topological polar surface area (TPSA) is 237 Å². The number of aliphatic hydroxyl groups excluding tert-OH is 1. The van der Waals surface area contributed by atoms with Crippen molar-refractivity contribution >= 4 is 39.5 Å². The van der Waals surface area contributed by atoms with Gasteiger partial charge in [-0.25, -0.2) is 9.13 Å². The maximum atomic E-state index is 12.9. The molecule has 0 radical (unpaired) electrons. The Hall–Kier alpha value is -1.94. The average molecular weight is 1190 g/mol. The van der Waals surface area contributed by atoms with Gasteiger partial charge in [0.25, 0.3) is 0 Å². The first-order valence-corrected chi connectivity index (χ1v) is 35.1. The normalized spacial score (nSPS) is 14.3. The summed E-state index contributed by atoms with van der Waals surface area (Å²) in [6, 6.07) is 0. The van der Waals surface area contributed by atoms with E-state index in [9.17, 15) is 43.2 Å². The lowest BCUT2D eigenvalue weighted by atomic mass is 10.0. The Morgan fingerprint density at radius 1 is 0.338 bits per heavy atom. The van der Waals surface area contributed by atoms with Gasteiger partial charge in [0.15, 0.2) is 12.2 Å². The van der Waals surface area contributed by atoms with Gasteiger partial charge in [0, 0.05) is 25.7 Å². The van der Waals surface area contributed by atoms with Crippen molar-refractivity contribution in [3.8, 4) is 0 Å². The highest BCUT2D eigenvalue weighted by molar-refractivity contribution is 7.47. The zero-order chi connectivity index (χ0) is 59.2. The Bertz CT molecular complexity index is 1570. The molecule has 2 unspecified atom stereocenters. The van der Waals surface area contributed by atoms with Crippen molar-refractivity contribution in [3.63, 3.8) is 0 Å². The van der Waals surface area contributed by atoms with Gasteiger partial charge in [-0.2, -0.15) is 0 Å². The number of phosphoric acid groups is 2. The van der Waals surface area contributed by atoms with Crippen LogP contribution in [0.2, 0.25) is 0 Å². The molecule has 19 heteroatoms. The van der Waals surface area contributed by atoms with E-state index in [1.54, 1.807) is 0 Å². The van der Waals surface area contributed by atoms with E-state index in [0.29, 0.717) is 31.6 Å². The summed E-state index contributed by atoms with van der Waals surface area (Å²) in [5, 5.41) is 10.5. The highest BCUT2D eigenvalue weighted by Gasteiger charge is 2.30. The Morgan fingerprint density at radius 3 is 0.850 bits per heavy atom. The predicted octanol–water partition coefficient (Wildman–Crippen LogP) is 16.6. The summed E-state index contributed by atoms with van der Waals surface area (Å²) in [5.41, 5.74) is 0. The Morgan fingerprint density at radius 2 is 0.575 bits per heavy atom. The lowest BCUT2D eigenvalue weighted by Crippen LogP contribution is -2.30. The number of esters is 4. The Balaban J connectivity index is 5.22. The van der Waals surface area contributed by atoms with E-state index in [1.807, 2.05) is 0 Å². The molecular formula is C61H118O17P2. The number of ether oxygens (including phenoxy) is 4. The van der Waals surface area contributed by atoms with Gasteiger partial charge in [-0.1, -0.05) is 253 Å². The summed E-state index contributed by atoms with van der Waals surface area (Å²) in [7, 11) is -9.87. The monoisotopic (exact) mass is 1180 g/mol. The molecule has 0 aromatic heterocycles. The molecule has 0 saturated heterocycles. The van der Waals surface area contributed by atoms with Crippen LogP contribution in [-0.2, 0) is 65.4 Å². The molecule has 0 aliphatic heterocycles. The fourth-order valence-electron chi connectivity index (χ4n) is 9.05. The Kier molecular flexibility index (Phi) is 53.6. The van der Waals surface area contributed by atoms with Crippen molar-refractivity contribution in [2.45, 2.75) is 323 Å². The number of hydrogen-bond acceptors (Lipinski definition) is 15. The summed E-state index contributed by atoms with van der Waals surface area (Å²) in [5.74, 6) is -1.45. The third-order valence-electron chi connectivity index (χ3n) is 14.0. The minimum atomic E-state index is -4.94. The SMILES string of the molecule is CCCCCCCCCCCCCCC(=O)O[C@H](COC(=O)CCCCCCCCCCCCC)COP(=O)(O)OC[C@@H](O)COP(=O)(O)OC[C@@H](COC(=O)CCCCCCCCC)OC(=O)CCCCCCCCCC(C)C. The maximum absolute atomic E-state index is 12.9. The van der Waals surface area contributed by atoms with Crippen LogP contribution in [0.1, 0.15) is 304 Å². The molecule has 80 heavy (non-hydrogen) atoms.